The monoisotopic (exact) mass is 278 g/mol. The van der Waals surface area contributed by atoms with Gasteiger partial charge in [0.2, 0.25) is 0 Å². The fourth-order valence-electron chi connectivity index (χ4n) is 2.27. The lowest BCUT2D eigenvalue weighted by Crippen LogP contribution is -2.52. The molecule has 1 aromatic carbocycles. The summed E-state index contributed by atoms with van der Waals surface area (Å²) >= 11 is 0. The van der Waals surface area contributed by atoms with Gasteiger partial charge in [0.15, 0.2) is 0 Å². The molecule has 0 aliphatic carbocycles. The first kappa shape index (κ1) is 14.8. The zero-order valence-electron chi connectivity index (χ0n) is 12.0. The van der Waals surface area contributed by atoms with Crippen LogP contribution in [-0.4, -0.2) is 50.4 Å². The minimum absolute atomic E-state index is 0.0550. The molecule has 20 heavy (non-hydrogen) atoms. The highest BCUT2D eigenvalue weighted by atomic mass is 16.5. The smallest absolute Gasteiger partial charge is 0.317 e. The van der Waals surface area contributed by atoms with Crippen molar-refractivity contribution in [2.45, 2.75) is 19.1 Å². The minimum Gasteiger partial charge on any atom is -0.383 e. The van der Waals surface area contributed by atoms with Crippen molar-refractivity contribution in [2.24, 2.45) is 0 Å². The summed E-state index contributed by atoms with van der Waals surface area (Å²) in [6.07, 6.45) is -0.0550. The van der Waals surface area contributed by atoms with Gasteiger partial charge < -0.3 is 19.7 Å². The SMILES string of the molecule is COCCNC(=O)N1C[C@@H](c2ccccc2)OC[C@H]1C. The number of urea groups is 1. The summed E-state index contributed by atoms with van der Waals surface area (Å²) < 4.78 is 10.8. The molecule has 1 saturated heterocycles. The molecule has 1 fully saturated rings. The maximum atomic E-state index is 12.2. The average Bonchev–Trinajstić information content (AvgIpc) is 2.49. The van der Waals surface area contributed by atoms with Crippen LogP contribution in [0.3, 0.4) is 0 Å². The molecule has 1 aliphatic heterocycles. The van der Waals surface area contributed by atoms with Crippen LogP contribution >= 0.6 is 0 Å². The minimum atomic E-state index is -0.0567. The van der Waals surface area contributed by atoms with Crippen molar-refractivity contribution in [3.63, 3.8) is 0 Å². The van der Waals surface area contributed by atoms with Crippen LogP contribution in [0, 0.1) is 0 Å². The zero-order chi connectivity index (χ0) is 14.4. The van der Waals surface area contributed by atoms with Crippen molar-refractivity contribution in [3.05, 3.63) is 35.9 Å². The van der Waals surface area contributed by atoms with Crippen LogP contribution in [0.2, 0.25) is 0 Å². The summed E-state index contributed by atoms with van der Waals surface area (Å²) in [4.78, 5) is 14.0. The van der Waals surface area contributed by atoms with E-state index in [0.29, 0.717) is 26.3 Å². The Morgan fingerprint density at radius 2 is 2.20 bits per heavy atom. The molecule has 1 heterocycles. The van der Waals surface area contributed by atoms with E-state index in [2.05, 4.69) is 5.32 Å². The number of amides is 2. The largest absolute Gasteiger partial charge is 0.383 e. The number of rotatable bonds is 4. The quantitative estimate of drug-likeness (QED) is 0.855. The molecule has 2 atom stereocenters. The Bertz CT molecular complexity index is 424. The summed E-state index contributed by atoms with van der Waals surface area (Å²) in [7, 11) is 1.62. The molecule has 5 nitrogen and oxygen atoms in total. The van der Waals surface area contributed by atoms with Gasteiger partial charge in [-0.15, -0.1) is 0 Å². The van der Waals surface area contributed by atoms with Crippen LogP contribution in [0.25, 0.3) is 0 Å². The van der Waals surface area contributed by atoms with Gasteiger partial charge in [0.05, 0.1) is 25.8 Å². The third-order valence-corrected chi connectivity index (χ3v) is 3.45. The number of methoxy groups -OCH3 is 1. The van der Waals surface area contributed by atoms with Gasteiger partial charge >= 0.3 is 6.03 Å². The number of carbonyl (C=O) groups excluding carboxylic acids is 1. The van der Waals surface area contributed by atoms with Crippen molar-refractivity contribution in [3.8, 4) is 0 Å². The highest BCUT2D eigenvalue weighted by Gasteiger charge is 2.30. The van der Waals surface area contributed by atoms with E-state index in [1.807, 2.05) is 42.2 Å². The van der Waals surface area contributed by atoms with Crippen molar-refractivity contribution in [2.75, 3.05) is 33.4 Å². The van der Waals surface area contributed by atoms with Crippen LogP contribution < -0.4 is 5.32 Å². The Kier molecular flexibility index (Phi) is 5.38. The average molecular weight is 278 g/mol. The number of hydrogen-bond donors (Lipinski definition) is 1. The molecule has 0 unspecified atom stereocenters. The van der Waals surface area contributed by atoms with Gasteiger partial charge in [-0.25, -0.2) is 4.79 Å². The number of ether oxygens (including phenoxy) is 2. The number of nitrogens with one attached hydrogen (secondary N) is 1. The second-order valence-corrected chi connectivity index (χ2v) is 4.96. The normalized spacial score (nSPS) is 22.6. The van der Waals surface area contributed by atoms with E-state index in [1.165, 1.54) is 0 Å². The van der Waals surface area contributed by atoms with Gasteiger partial charge in [0.1, 0.15) is 6.10 Å². The van der Waals surface area contributed by atoms with Crippen molar-refractivity contribution >= 4 is 6.03 Å². The summed E-state index contributed by atoms with van der Waals surface area (Å²) in [6, 6.07) is 10.0. The van der Waals surface area contributed by atoms with E-state index >= 15 is 0 Å². The molecule has 5 heteroatoms. The molecule has 2 rings (SSSR count). The standard InChI is InChI=1S/C15H22N2O3/c1-12-11-20-14(13-6-4-3-5-7-13)10-17(12)15(18)16-8-9-19-2/h3-7,12,14H,8-11H2,1-2H3,(H,16,18)/t12-,14+/m1/s1. The zero-order valence-corrected chi connectivity index (χ0v) is 12.0. The molecular formula is C15H22N2O3. The lowest BCUT2D eigenvalue weighted by Gasteiger charge is -2.38. The third-order valence-electron chi connectivity index (χ3n) is 3.45. The van der Waals surface area contributed by atoms with Crippen molar-refractivity contribution in [1.29, 1.82) is 0 Å². The molecule has 1 aliphatic rings. The predicted molar refractivity (Wildman–Crippen MR) is 76.6 cm³/mol. The number of morpholine rings is 1. The Morgan fingerprint density at radius 3 is 2.90 bits per heavy atom. The fraction of sp³-hybridized carbons (Fsp3) is 0.533. The highest BCUT2D eigenvalue weighted by molar-refractivity contribution is 5.74. The molecule has 0 saturated carbocycles. The van der Waals surface area contributed by atoms with Gasteiger partial charge in [0.25, 0.3) is 0 Å². The highest BCUT2D eigenvalue weighted by Crippen LogP contribution is 2.24. The summed E-state index contributed by atoms with van der Waals surface area (Å²) in [5.74, 6) is 0. The Hall–Kier alpha value is -1.59. The molecule has 110 valence electrons. The molecule has 0 spiro atoms. The van der Waals surface area contributed by atoms with E-state index in [-0.39, 0.29) is 18.2 Å². The van der Waals surface area contributed by atoms with Gasteiger partial charge in [0, 0.05) is 13.7 Å². The first-order valence-electron chi connectivity index (χ1n) is 6.92. The predicted octanol–water partition coefficient (Wildman–Crippen LogP) is 1.80. The summed E-state index contributed by atoms with van der Waals surface area (Å²) in [5.41, 5.74) is 1.11. The van der Waals surface area contributed by atoms with Crippen LogP contribution in [0.1, 0.15) is 18.6 Å². The Balaban J connectivity index is 1.96. The molecule has 0 bridgehead atoms. The molecular weight excluding hydrogens is 256 g/mol. The Morgan fingerprint density at radius 1 is 1.45 bits per heavy atom. The molecule has 0 aromatic heterocycles. The first-order chi connectivity index (χ1) is 9.72. The molecule has 0 radical (unpaired) electrons. The summed E-state index contributed by atoms with van der Waals surface area (Å²) in [5, 5.41) is 2.86. The van der Waals surface area contributed by atoms with Crippen LogP contribution in [-0.2, 0) is 9.47 Å². The van der Waals surface area contributed by atoms with E-state index in [0.717, 1.165) is 5.56 Å². The number of carbonyl (C=O) groups is 1. The van der Waals surface area contributed by atoms with Crippen molar-refractivity contribution < 1.29 is 14.3 Å². The first-order valence-corrected chi connectivity index (χ1v) is 6.92. The van der Waals surface area contributed by atoms with E-state index in [9.17, 15) is 4.79 Å². The van der Waals surface area contributed by atoms with E-state index in [4.69, 9.17) is 9.47 Å². The van der Waals surface area contributed by atoms with Gasteiger partial charge in [-0.1, -0.05) is 30.3 Å². The lowest BCUT2D eigenvalue weighted by molar-refractivity contribution is -0.0428. The maximum absolute atomic E-state index is 12.2. The van der Waals surface area contributed by atoms with Gasteiger partial charge in [-0.3, -0.25) is 0 Å². The Labute approximate surface area is 119 Å². The lowest BCUT2D eigenvalue weighted by atomic mass is 10.1. The van der Waals surface area contributed by atoms with E-state index in [1.54, 1.807) is 7.11 Å². The topological polar surface area (TPSA) is 50.8 Å². The van der Waals surface area contributed by atoms with Crippen LogP contribution in [0.15, 0.2) is 30.3 Å². The fourth-order valence-corrected chi connectivity index (χ4v) is 2.27. The molecule has 1 N–H and O–H groups in total. The maximum Gasteiger partial charge on any atom is 0.317 e. The number of hydrogen-bond acceptors (Lipinski definition) is 3. The van der Waals surface area contributed by atoms with Crippen molar-refractivity contribution in [1.82, 2.24) is 10.2 Å². The van der Waals surface area contributed by atoms with Gasteiger partial charge in [-0.2, -0.15) is 0 Å². The second kappa shape index (κ2) is 7.26. The second-order valence-electron chi connectivity index (χ2n) is 4.96. The van der Waals surface area contributed by atoms with E-state index < -0.39 is 0 Å². The number of benzene rings is 1. The molecule has 1 aromatic rings. The van der Waals surface area contributed by atoms with Crippen LogP contribution in [0.4, 0.5) is 4.79 Å². The number of nitrogens with zero attached hydrogens (tertiary/aromatic N) is 1. The third kappa shape index (κ3) is 3.71. The summed E-state index contributed by atoms with van der Waals surface area (Å²) in [6.45, 7) is 4.17. The molecule has 2 amide bonds. The van der Waals surface area contributed by atoms with Gasteiger partial charge in [-0.05, 0) is 12.5 Å². The van der Waals surface area contributed by atoms with Crippen LogP contribution in [0.5, 0.6) is 0 Å².